The van der Waals surface area contributed by atoms with E-state index in [9.17, 15) is 29.1 Å². The third-order valence-corrected chi connectivity index (χ3v) is 6.15. The minimum Gasteiger partial charge on any atom is -0.479 e. The van der Waals surface area contributed by atoms with Crippen LogP contribution in [0.5, 0.6) is 0 Å². The fraction of sp³-hybridized carbons (Fsp3) is 0.450. The van der Waals surface area contributed by atoms with Crippen molar-refractivity contribution in [3.8, 4) is 0 Å². The number of fused-ring (bicyclic) bond motifs is 1. The quantitative estimate of drug-likeness (QED) is 0.294. The van der Waals surface area contributed by atoms with Crippen LogP contribution in [0.25, 0.3) is 0 Å². The zero-order valence-corrected chi connectivity index (χ0v) is 16.6. The van der Waals surface area contributed by atoms with Crippen molar-refractivity contribution in [3.05, 3.63) is 35.4 Å². The number of nitrogens with zero attached hydrogens (tertiary/aromatic N) is 2. The summed E-state index contributed by atoms with van der Waals surface area (Å²) < 4.78 is 5.37. The molecule has 0 saturated carbocycles. The van der Waals surface area contributed by atoms with Gasteiger partial charge in [0.1, 0.15) is 12.1 Å². The molecule has 3 heterocycles. The van der Waals surface area contributed by atoms with E-state index >= 15 is 0 Å². The number of alkyl halides is 1. The summed E-state index contributed by atoms with van der Waals surface area (Å²) in [5, 5.41) is 9.24. The van der Waals surface area contributed by atoms with Crippen LogP contribution in [-0.2, 0) is 19.1 Å². The Bertz CT molecular complexity index is 908. The van der Waals surface area contributed by atoms with Gasteiger partial charge in [0.15, 0.2) is 5.78 Å². The van der Waals surface area contributed by atoms with E-state index in [4.69, 9.17) is 16.3 Å². The number of imide groups is 1. The lowest BCUT2D eigenvalue weighted by Crippen LogP contribution is -2.73. The molecule has 0 aromatic heterocycles. The zero-order valence-electron chi connectivity index (χ0n) is 15.8. The number of β-lactam (4-membered cyclic amide) rings is 1. The predicted molar refractivity (Wildman–Crippen MR) is 102 cm³/mol. The lowest BCUT2D eigenvalue weighted by Gasteiger charge is -2.50. The lowest BCUT2D eigenvalue weighted by molar-refractivity contribution is -0.165. The number of carboxylic acid groups (broad SMARTS) is 1. The minimum absolute atomic E-state index is 0.0159. The molecule has 3 aliphatic rings. The molecule has 0 radical (unpaired) electrons. The number of amides is 3. The maximum absolute atomic E-state index is 12.8. The van der Waals surface area contributed by atoms with Gasteiger partial charge in [0.05, 0.1) is 17.2 Å². The van der Waals surface area contributed by atoms with Gasteiger partial charge in [0, 0.05) is 13.0 Å². The van der Waals surface area contributed by atoms with Gasteiger partial charge in [-0.2, -0.15) is 0 Å². The van der Waals surface area contributed by atoms with Crippen molar-refractivity contribution in [1.29, 1.82) is 0 Å². The average Bonchev–Trinajstić information content (AvgIpc) is 3.35. The van der Waals surface area contributed by atoms with Crippen LogP contribution in [0.1, 0.15) is 46.4 Å². The monoisotopic (exact) mass is 434 g/mol. The van der Waals surface area contributed by atoms with Crippen molar-refractivity contribution in [1.82, 2.24) is 9.80 Å². The molecule has 3 amide bonds. The highest BCUT2D eigenvalue weighted by molar-refractivity contribution is 6.31. The van der Waals surface area contributed by atoms with E-state index in [0.29, 0.717) is 13.0 Å². The summed E-state index contributed by atoms with van der Waals surface area (Å²) in [5.41, 5.74) is -1.29. The first-order valence-corrected chi connectivity index (χ1v) is 10.1. The molecule has 0 bridgehead atoms. The summed E-state index contributed by atoms with van der Waals surface area (Å²) in [5.74, 6) is -3.56. The fourth-order valence-electron chi connectivity index (χ4n) is 4.27. The largest absolute Gasteiger partial charge is 0.479 e. The molecule has 158 valence electrons. The number of hydrogen-bond acceptors (Lipinski definition) is 6. The normalized spacial score (nSPS) is 26.6. The van der Waals surface area contributed by atoms with Gasteiger partial charge >= 0.3 is 5.97 Å². The van der Waals surface area contributed by atoms with Crippen molar-refractivity contribution < 1.29 is 33.8 Å². The average molecular weight is 435 g/mol. The van der Waals surface area contributed by atoms with E-state index in [1.807, 2.05) is 0 Å². The number of hydrogen-bond donors (Lipinski definition) is 1. The summed E-state index contributed by atoms with van der Waals surface area (Å²) in [6.07, 6.45) is 0.964. The fourth-order valence-corrected chi connectivity index (χ4v) is 4.51. The first-order valence-electron chi connectivity index (χ1n) is 9.63. The van der Waals surface area contributed by atoms with Crippen molar-refractivity contribution in [2.75, 3.05) is 6.61 Å². The van der Waals surface area contributed by atoms with Crippen LogP contribution in [0.4, 0.5) is 0 Å². The van der Waals surface area contributed by atoms with E-state index in [1.54, 1.807) is 12.1 Å². The van der Waals surface area contributed by atoms with Crippen LogP contribution >= 0.6 is 11.6 Å². The van der Waals surface area contributed by atoms with E-state index in [2.05, 4.69) is 0 Å². The van der Waals surface area contributed by atoms with Gasteiger partial charge < -0.3 is 14.7 Å². The van der Waals surface area contributed by atoms with Gasteiger partial charge in [-0.3, -0.25) is 24.1 Å². The van der Waals surface area contributed by atoms with Crippen molar-refractivity contribution in [2.45, 2.75) is 49.4 Å². The number of Topliss-reactive ketones (excluding diaryl/α,β-unsaturated/α-hetero) is 1. The topological polar surface area (TPSA) is 121 Å². The number of carbonyl (C=O) groups excluding carboxylic acids is 4. The lowest BCUT2D eigenvalue weighted by atomic mass is 9.88. The van der Waals surface area contributed by atoms with E-state index in [0.717, 1.165) is 16.2 Å². The SMILES string of the molecule is O=C(CC[C@@H]1[C@H](N2C(=O)c3ccccc3C2=O)C(=O)N1[C@@H](Cl)C(=O)O)[C@@H]1CCCO1. The summed E-state index contributed by atoms with van der Waals surface area (Å²) >= 11 is 5.89. The number of ether oxygens (including phenoxy) is 1. The van der Waals surface area contributed by atoms with Gasteiger partial charge in [0.2, 0.25) is 11.4 Å². The highest BCUT2D eigenvalue weighted by Crippen LogP contribution is 2.37. The Kier molecular flexibility index (Phi) is 5.33. The number of rotatable bonds is 7. The van der Waals surface area contributed by atoms with Crippen LogP contribution in [0.2, 0.25) is 0 Å². The van der Waals surface area contributed by atoms with E-state index in [-0.39, 0.29) is 29.8 Å². The number of carboxylic acids is 1. The van der Waals surface area contributed by atoms with Crippen LogP contribution < -0.4 is 0 Å². The number of halogens is 1. The standard InChI is InChI=1S/C20H19ClN2O7/c21-16(20(28)29)22-12(7-8-13(24)14-6-3-9-30-14)15(19(22)27)23-17(25)10-4-1-2-5-11(10)18(23)26/h1-2,4-5,12,14-16H,3,6-9H2,(H,28,29)/t12-,14+,15+,16-/m1/s1. The third-order valence-electron chi connectivity index (χ3n) is 5.76. The second-order valence-corrected chi connectivity index (χ2v) is 7.88. The molecule has 0 aliphatic carbocycles. The maximum Gasteiger partial charge on any atom is 0.342 e. The summed E-state index contributed by atoms with van der Waals surface area (Å²) in [6, 6.07) is 4.14. The molecule has 30 heavy (non-hydrogen) atoms. The molecule has 1 aromatic carbocycles. The zero-order chi connectivity index (χ0) is 21.6. The van der Waals surface area contributed by atoms with Gasteiger partial charge in [0.25, 0.3) is 11.8 Å². The Labute approximate surface area is 176 Å². The Hall–Kier alpha value is -2.78. The molecule has 0 spiro atoms. The second kappa shape index (κ2) is 7.81. The molecule has 3 aliphatic heterocycles. The van der Waals surface area contributed by atoms with Crippen molar-refractivity contribution in [2.24, 2.45) is 0 Å². The summed E-state index contributed by atoms with van der Waals surface area (Å²) in [7, 11) is 0. The van der Waals surface area contributed by atoms with E-state index < -0.39 is 47.4 Å². The van der Waals surface area contributed by atoms with E-state index in [1.165, 1.54) is 12.1 Å². The van der Waals surface area contributed by atoms with Gasteiger partial charge in [-0.05, 0) is 31.4 Å². The van der Waals surface area contributed by atoms with Crippen LogP contribution in [-0.4, -0.2) is 74.7 Å². The van der Waals surface area contributed by atoms with Gasteiger partial charge in [-0.25, -0.2) is 4.79 Å². The van der Waals surface area contributed by atoms with Crippen LogP contribution in [0.3, 0.4) is 0 Å². The van der Waals surface area contributed by atoms with Crippen LogP contribution in [0, 0.1) is 0 Å². The number of aliphatic carboxylic acids is 1. The molecule has 1 N–H and O–H groups in total. The molecule has 4 atom stereocenters. The Morgan fingerprint density at radius 2 is 1.80 bits per heavy atom. The highest BCUT2D eigenvalue weighted by atomic mass is 35.5. The van der Waals surface area contributed by atoms with Gasteiger partial charge in [-0.15, -0.1) is 0 Å². The van der Waals surface area contributed by atoms with Crippen molar-refractivity contribution in [3.63, 3.8) is 0 Å². The Balaban J connectivity index is 1.57. The Morgan fingerprint density at radius 1 is 1.17 bits per heavy atom. The molecule has 0 unspecified atom stereocenters. The first kappa shape index (κ1) is 20.5. The van der Waals surface area contributed by atoms with Crippen molar-refractivity contribution >= 4 is 41.1 Å². The van der Waals surface area contributed by atoms with Gasteiger partial charge in [-0.1, -0.05) is 23.7 Å². The number of carbonyl (C=O) groups is 5. The smallest absolute Gasteiger partial charge is 0.342 e. The summed E-state index contributed by atoms with van der Waals surface area (Å²) in [4.78, 5) is 63.9. The third kappa shape index (κ3) is 3.18. The number of ketones is 1. The minimum atomic E-state index is -1.66. The molecular weight excluding hydrogens is 416 g/mol. The number of likely N-dealkylation sites (tertiary alicyclic amines) is 1. The Morgan fingerprint density at radius 3 is 2.33 bits per heavy atom. The summed E-state index contributed by atoms with van der Waals surface area (Å²) in [6.45, 7) is 0.505. The number of benzene rings is 1. The predicted octanol–water partition coefficient (Wildman–Crippen LogP) is 1.04. The molecule has 2 saturated heterocycles. The molecule has 10 heteroatoms. The highest BCUT2D eigenvalue weighted by Gasteiger charge is 2.58. The second-order valence-electron chi connectivity index (χ2n) is 7.46. The molecular formula is C20H19ClN2O7. The molecule has 2 fully saturated rings. The maximum atomic E-state index is 12.8. The molecule has 1 aromatic rings. The molecule has 9 nitrogen and oxygen atoms in total. The first-order chi connectivity index (χ1) is 14.3. The molecule has 4 rings (SSSR count). The van der Waals surface area contributed by atoms with Crippen LogP contribution in [0.15, 0.2) is 24.3 Å².